The fraction of sp³-hybridized carbons (Fsp3) is 0.500. The molecular formula is C14H20N2. The lowest BCUT2D eigenvalue weighted by Crippen LogP contribution is -2.37. The van der Waals surface area contributed by atoms with Crippen molar-refractivity contribution in [2.24, 2.45) is 0 Å². The van der Waals surface area contributed by atoms with Crippen molar-refractivity contribution < 1.29 is 0 Å². The summed E-state index contributed by atoms with van der Waals surface area (Å²) >= 11 is 0. The van der Waals surface area contributed by atoms with Crippen molar-refractivity contribution in [1.82, 2.24) is 5.32 Å². The molecule has 0 amide bonds. The van der Waals surface area contributed by atoms with Crippen LogP contribution < -0.4 is 5.32 Å². The van der Waals surface area contributed by atoms with Crippen molar-refractivity contribution in [3.63, 3.8) is 0 Å². The molecule has 2 heteroatoms. The Morgan fingerprint density at radius 1 is 1.31 bits per heavy atom. The molecule has 0 radical (unpaired) electrons. The maximum Gasteiger partial charge on any atom is 0.0638 e. The fourth-order valence-electron chi connectivity index (χ4n) is 1.86. The summed E-state index contributed by atoms with van der Waals surface area (Å²) in [5, 5.41) is 12.2. The molecule has 86 valence electrons. The van der Waals surface area contributed by atoms with E-state index in [0.717, 1.165) is 12.8 Å². The molecule has 0 fully saturated rings. The highest BCUT2D eigenvalue weighted by atomic mass is 14.9. The lowest BCUT2D eigenvalue weighted by atomic mass is 10.1. The predicted octanol–water partition coefficient (Wildman–Crippen LogP) is 2.90. The zero-order chi connectivity index (χ0) is 11.8. The zero-order valence-corrected chi connectivity index (χ0v) is 10.1. The number of hydrogen-bond acceptors (Lipinski definition) is 2. The highest BCUT2D eigenvalue weighted by Gasteiger charge is 2.09. The van der Waals surface area contributed by atoms with Gasteiger partial charge in [-0.1, -0.05) is 37.3 Å². The summed E-state index contributed by atoms with van der Waals surface area (Å²) < 4.78 is 0. The molecule has 0 heterocycles. The number of nitriles is 1. The molecule has 1 aromatic rings. The zero-order valence-electron chi connectivity index (χ0n) is 10.1. The molecule has 0 bridgehead atoms. The summed E-state index contributed by atoms with van der Waals surface area (Å²) in [5.41, 5.74) is 1.34. The Morgan fingerprint density at radius 2 is 2.00 bits per heavy atom. The Labute approximate surface area is 98.3 Å². The van der Waals surface area contributed by atoms with Crippen LogP contribution in [0, 0.1) is 11.3 Å². The van der Waals surface area contributed by atoms with Crippen molar-refractivity contribution in [3.05, 3.63) is 35.9 Å². The average Bonchev–Trinajstić information content (AvgIpc) is 2.29. The van der Waals surface area contributed by atoms with Crippen LogP contribution in [0.15, 0.2) is 30.3 Å². The molecule has 0 saturated heterocycles. The Bertz CT molecular complexity index is 326. The van der Waals surface area contributed by atoms with E-state index in [9.17, 15) is 0 Å². The van der Waals surface area contributed by atoms with Crippen molar-refractivity contribution in [3.8, 4) is 6.07 Å². The van der Waals surface area contributed by atoms with Crippen LogP contribution in [0.2, 0.25) is 0 Å². The molecule has 2 nitrogen and oxygen atoms in total. The molecule has 1 aromatic carbocycles. The Kier molecular flexibility index (Phi) is 5.60. The SMILES string of the molecule is CCC(CC#N)NC(C)Cc1ccccc1. The van der Waals surface area contributed by atoms with Crippen LogP contribution in [0.1, 0.15) is 32.3 Å². The number of benzene rings is 1. The smallest absolute Gasteiger partial charge is 0.0638 e. The summed E-state index contributed by atoms with van der Waals surface area (Å²) in [5.74, 6) is 0. The van der Waals surface area contributed by atoms with Gasteiger partial charge in [-0.3, -0.25) is 0 Å². The molecule has 0 aromatic heterocycles. The molecule has 16 heavy (non-hydrogen) atoms. The van der Waals surface area contributed by atoms with Gasteiger partial charge in [-0.15, -0.1) is 0 Å². The third-order valence-corrected chi connectivity index (χ3v) is 2.74. The largest absolute Gasteiger partial charge is 0.310 e. The van der Waals surface area contributed by atoms with Gasteiger partial charge in [0.25, 0.3) is 0 Å². The van der Waals surface area contributed by atoms with Crippen LogP contribution in [0.3, 0.4) is 0 Å². The predicted molar refractivity (Wildman–Crippen MR) is 67.1 cm³/mol. The summed E-state index contributed by atoms with van der Waals surface area (Å²) in [6.45, 7) is 4.29. The van der Waals surface area contributed by atoms with Gasteiger partial charge in [-0.25, -0.2) is 0 Å². The minimum atomic E-state index is 0.323. The van der Waals surface area contributed by atoms with E-state index in [2.05, 4.69) is 49.5 Å². The fourth-order valence-corrected chi connectivity index (χ4v) is 1.86. The van der Waals surface area contributed by atoms with Gasteiger partial charge in [-0.05, 0) is 25.3 Å². The van der Waals surface area contributed by atoms with Gasteiger partial charge in [0.1, 0.15) is 0 Å². The van der Waals surface area contributed by atoms with Gasteiger partial charge in [0.05, 0.1) is 12.5 Å². The van der Waals surface area contributed by atoms with Gasteiger partial charge in [0.2, 0.25) is 0 Å². The van der Waals surface area contributed by atoms with Crippen LogP contribution in [0.4, 0.5) is 0 Å². The number of nitrogens with one attached hydrogen (secondary N) is 1. The summed E-state index contributed by atoms with van der Waals surface area (Å²) in [6.07, 6.45) is 2.62. The topological polar surface area (TPSA) is 35.8 Å². The molecule has 2 atom stereocenters. The van der Waals surface area contributed by atoms with E-state index in [1.807, 2.05) is 6.07 Å². The molecule has 0 aliphatic heterocycles. The van der Waals surface area contributed by atoms with Crippen molar-refractivity contribution in [1.29, 1.82) is 5.26 Å². The number of rotatable bonds is 6. The first-order valence-electron chi connectivity index (χ1n) is 5.93. The maximum absolute atomic E-state index is 8.68. The molecule has 1 rings (SSSR count). The normalized spacial score (nSPS) is 14.1. The molecule has 0 saturated carbocycles. The summed E-state index contributed by atoms with van der Waals surface area (Å²) in [7, 11) is 0. The van der Waals surface area contributed by atoms with Gasteiger partial charge in [0, 0.05) is 12.1 Å². The Morgan fingerprint density at radius 3 is 2.56 bits per heavy atom. The van der Waals surface area contributed by atoms with Crippen LogP contribution in [-0.2, 0) is 6.42 Å². The molecule has 1 N–H and O–H groups in total. The van der Waals surface area contributed by atoms with Crippen LogP contribution in [0.5, 0.6) is 0 Å². The molecule has 0 spiro atoms. The van der Waals surface area contributed by atoms with E-state index >= 15 is 0 Å². The standard InChI is InChI=1S/C14H20N2/c1-3-14(9-10-15)16-12(2)11-13-7-5-4-6-8-13/h4-8,12,14,16H,3,9,11H2,1-2H3. The highest BCUT2D eigenvalue weighted by Crippen LogP contribution is 2.05. The van der Waals surface area contributed by atoms with Crippen molar-refractivity contribution in [2.75, 3.05) is 0 Å². The van der Waals surface area contributed by atoms with Gasteiger partial charge in [-0.2, -0.15) is 5.26 Å². The Balaban J connectivity index is 2.41. The second kappa shape index (κ2) is 7.03. The average molecular weight is 216 g/mol. The second-order valence-corrected chi connectivity index (χ2v) is 4.22. The molecular weight excluding hydrogens is 196 g/mol. The minimum absolute atomic E-state index is 0.323. The van der Waals surface area contributed by atoms with E-state index in [-0.39, 0.29) is 0 Å². The van der Waals surface area contributed by atoms with Crippen LogP contribution in [-0.4, -0.2) is 12.1 Å². The molecule has 0 aliphatic carbocycles. The molecule has 0 aliphatic rings. The first kappa shape index (κ1) is 12.7. The first-order chi connectivity index (χ1) is 7.76. The molecule has 2 unspecified atom stereocenters. The Hall–Kier alpha value is -1.33. The third kappa shape index (κ3) is 4.46. The van der Waals surface area contributed by atoms with E-state index in [4.69, 9.17) is 5.26 Å². The van der Waals surface area contributed by atoms with Crippen molar-refractivity contribution in [2.45, 2.75) is 45.2 Å². The monoisotopic (exact) mass is 216 g/mol. The quantitative estimate of drug-likeness (QED) is 0.793. The lowest BCUT2D eigenvalue weighted by molar-refractivity contribution is 0.436. The minimum Gasteiger partial charge on any atom is -0.310 e. The summed E-state index contributed by atoms with van der Waals surface area (Å²) in [4.78, 5) is 0. The second-order valence-electron chi connectivity index (χ2n) is 4.22. The maximum atomic E-state index is 8.68. The van der Waals surface area contributed by atoms with E-state index in [1.54, 1.807) is 0 Å². The van der Waals surface area contributed by atoms with E-state index < -0.39 is 0 Å². The van der Waals surface area contributed by atoms with E-state index in [1.165, 1.54) is 5.56 Å². The lowest BCUT2D eigenvalue weighted by Gasteiger charge is -2.20. The van der Waals surface area contributed by atoms with Crippen LogP contribution >= 0.6 is 0 Å². The number of nitrogens with zero attached hydrogens (tertiary/aromatic N) is 1. The first-order valence-corrected chi connectivity index (χ1v) is 5.93. The van der Waals surface area contributed by atoms with Gasteiger partial charge < -0.3 is 5.32 Å². The number of hydrogen-bond donors (Lipinski definition) is 1. The van der Waals surface area contributed by atoms with Gasteiger partial charge in [0.15, 0.2) is 0 Å². The third-order valence-electron chi connectivity index (χ3n) is 2.74. The highest BCUT2D eigenvalue weighted by molar-refractivity contribution is 5.15. The van der Waals surface area contributed by atoms with E-state index in [0.29, 0.717) is 18.5 Å². The van der Waals surface area contributed by atoms with Gasteiger partial charge >= 0.3 is 0 Å². The van der Waals surface area contributed by atoms with Crippen molar-refractivity contribution >= 4 is 0 Å². The summed E-state index contributed by atoms with van der Waals surface area (Å²) in [6, 6.07) is 13.4. The van der Waals surface area contributed by atoms with Crippen LogP contribution in [0.25, 0.3) is 0 Å².